The molecule has 0 aromatic carbocycles. The quantitative estimate of drug-likeness (QED) is 0.870. The molecule has 1 aliphatic carbocycles. The molecule has 4 rings (SSSR count). The topological polar surface area (TPSA) is 46.1 Å². The number of rotatable bonds is 3. The Bertz CT molecular complexity index is 625. The van der Waals surface area contributed by atoms with Crippen molar-refractivity contribution in [1.29, 1.82) is 0 Å². The molecule has 2 fully saturated rings. The molecule has 3 heterocycles. The summed E-state index contributed by atoms with van der Waals surface area (Å²) in [5.41, 5.74) is 0. The SMILES string of the molecule is O=C(c1cccs1)N1CCC(c2nnc(C3CC3)s2)CC1. The van der Waals surface area contributed by atoms with Crippen LogP contribution in [0.3, 0.4) is 0 Å². The normalized spacial score (nSPS) is 19.9. The highest BCUT2D eigenvalue weighted by Gasteiger charge is 2.31. The first-order chi connectivity index (χ1) is 10.3. The van der Waals surface area contributed by atoms with Crippen LogP contribution in [0.15, 0.2) is 17.5 Å². The van der Waals surface area contributed by atoms with Gasteiger partial charge in [-0.3, -0.25) is 4.79 Å². The average Bonchev–Trinajstić information content (AvgIpc) is 3.05. The molecule has 1 amide bonds. The highest BCUT2D eigenvalue weighted by molar-refractivity contribution is 7.12. The fraction of sp³-hybridized carbons (Fsp3) is 0.533. The Morgan fingerprint density at radius 2 is 1.76 bits per heavy atom. The predicted molar refractivity (Wildman–Crippen MR) is 84.1 cm³/mol. The minimum absolute atomic E-state index is 0.180. The maximum atomic E-state index is 12.3. The number of carbonyl (C=O) groups excluding carboxylic acids is 1. The second kappa shape index (κ2) is 5.50. The molecule has 2 aliphatic rings. The summed E-state index contributed by atoms with van der Waals surface area (Å²) in [5.74, 6) is 1.36. The van der Waals surface area contributed by atoms with Crippen LogP contribution in [0.5, 0.6) is 0 Å². The first-order valence-corrected chi connectivity index (χ1v) is 9.17. The summed E-state index contributed by atoms with van der Waals surface area (Å²) >= 11 is 3.32. The van der Waals surface area contributed by atoms with E-state index in [9.17, 15) is 4.79 Å². The van der Waals surface area contributed by atoms with Crippen LogP contribution in [0.4, 0.5) is 0 Å². The van der Waals surface area contributed by atoms with E-state index >= 15 is 0 Å². The Morgan fingerprint density at radius 3 is 2.33 bits per heavy atom. The van der Waals surface area contributed by atoms with Gasteiger partial charge in [0.1, 0.15) is 10.0 Å². The summed E-state index contributed by atoms with van der Waals surface area (Å²) in [7, 11) is 0. The van der Waals surface area contributed by atoms with Crippen molar-refractivity contribution in [2.24, 2.45) is 0 Å². The molecular formula is C15H17N3OS2. The maximum absolute atomic E-state index is 12.3. The van der Waals surface area contributed by atoms with Gasteiger partial charge in [0.25, 0.3) is 5.91 Å². The molecule has 110 valence electrons. The van der Waals surface area contributed by atoms with Crippen LogP contribution in [-0.2, 0) is 0 Å². The number of thiophene rings is 1. The van der Waals surface area contributed by atoms with Gasteiger partial charge in [-0.05, 0) is 37.1 Å². The van der Waals surface area contributed by atoms with E-state index in [0.29, 0.717) is 11.8 Å². The van der Waals surface area contributed by atoms with Gasteiger partial charge in [0, 0.05) is 24.9 Å². The van der Waals surface area contributed by atoms with Crippen LogP contribution in [-0.4, -0.2) is 34.1 Å². The van der Waals surface area contributed by atoms with Gasteiger partial charge < -0.3 is 4.90 Å². The van der Waals surface area contributed by atoms with Crippen molar-refractivity contribution < 1.29 is 4.79 Å². The maximum Gasteiger partial charge on any atom is 0.263 e. The first kappa shape index (κ1) is 13.4. The van der Waals surface area contributed by atoms with Gasteiger partial charge in [-0.2, -0.15) is 0 Å². The Hall–Kier alpha value is -1.27. The van der Waals surface area contributed by atoms with Crippen LogP contribution in [0.2, 0.25) is 0 Å². The van der Waals surface area contributed by atoms with Gasteiger partial charge in [0.15, 0.2) is 0 Å². The number of carbonyl (C=O) groups is 1. The summed E-state index contributed by atoms with van der Waals surface area (Å²) in [6, 6.07) is 3.84. The molecule has 21 heavy (non-hydrogen) atoms. The van der Waals surface area contributed by atoms with Crippen molar-refractivity contribution in [3.8, 4) is 0 Å². The molecule has 0 radical (unpaired) electrons. The van der Waals surface area contributed by atoms with Crippen molar-refractivity contribution in [3.05, 3.63) is 32.4 Å². The van der Waals surface area contributed by atoms with Crippen molar-refractivity contribution in [1.82, 2.24) is 15.1 Å². The van der Waals surface area contributed by atoms with E-state index in [0.717, 1.165) is 30.8 Å². The van der Waals surface area contributed by atoms with Crippen LogP contribution in [0.25, 0.3) is 0 Å². The van der Waals surface area contributed by atoms with Crippen LogP contribution >= 0.6 is 22.7 Å². The van der Waals surface area contributed by atoms with E-state index in [2.05, 4.69) is 10.2 Å². The standard InChI is InChI=1S/C15H17N3OS2/c19-15(12-2-1-9-20-12)18-7-5-11(6-8-18)14-17-16-13(21-14)10-3-4-10/h1-2,9-11H,3-8H2. The molecule has 0 N–H and O–H groups in total. The Morgan fingerprint density at radius 1 is 1.10 bits per heavy atom. The fourth-order valence-electron chi connectivity index (χ4n) is 2.79. The Kier molecular flexibility index (Phi) is 3.51. The van der Waals surface area contributed by atoms with E-state index in [1.54, 1.807) is 11.3 Å². The highest BCUT2D eigenvalue weighted by atomic mass is 32.1. The van der Waals surface area contributed by atoms with Gasteiger partial charge in [-0.15, -0.1) is 32.9 Å². The van der Waals surface area contributed by atoms with E-state index in [1.165, 1.54) is 34.2 Å². The van der Waals surface area contributed by atoms with Crippen molar-refractivity contribution in [3.63, 3.8) is 0 Å². The second-order valence-electron chi connectivity index (χ2n) is 5.80. The zero-order chi connectivity index (χ0) is 14.2. The first-order valence-electron chi connectivity index (χ1n) is 7.47. The lowest BCUT2D eigenvalue weighted by Crippen LogP contribution is -2.37. The minimum atomic E-state index is 0.180. The molecule has 1 aliphatic heterocycles. The highest BCUT2D eigenvalue weighted by Crippen LogP contribution is 2.43. The molecule has 4 nitrogen and oxygen atoms in total. The van der Waals surface area contributed by atoms with Gasteiger partial charge in [0.05, 0.1) is 4.88 Å². The zero-order valence-corrected chi connectivity index (χ0v) is 13.3. The number of hydrogen-bond acceptors (Lipinski definition) is 5. The molecule has 0 unspecified atom stereocenters. The van der Waals surface area contributed by atoms with E-state index < -0.39 is 0 Å². The van der Waals surface area contributed by atoms with Gasteiger partial charge in [-0.25, -0.2) is 0 Å². The van der Waals surface area contributed by atoms with E-state index in [-0.39, 0.29) is 5.91 Å². The lowest BCUT2D eigenvalue weighted by molar-refractivity contribution is 0.0718. The number of nitrogens with zero attached hydrogens (tertiary/aromatic N) is 3. The molecule has 0 atom stereocenters. The van der Waals surface area contributed by atoms with Crippen LogP contribution in [0.1, 0.15) is 57.2 Å². The zero-order valence-electron chi connectivity index (χ0n) is 11.7. The summed E-state index contributed by atoms with van der Waals surface area (Å²) < 4.78 is 0. The molecule has 0 bridgehead atoms. The number of likely N-dealkylation sites (tertiary alicyclic amines) is 1. The lowest BCUT2D eigenvalue weighted by atomic mass is 9.97. The summed E-state index contributed by atoms with van der Waals surface area (Å²) in [6.45, 7) is 1.67. The third-order valence-electron chi connectivity index (χ3n) is 4.25. The summed E-state index contributed by atoms with van der Waals surface area (Å²) in [5, 5.41) is 13.1. The molecule has 1 saturated carbocycles. The van der Waals surface area contributed by atoms with Crippen LogP contribution < -0.4 is 0 Å². The average molecular weight is 319 g/mol. The van der Waals surface area contributed by atoms with E-state index in [1.807, 2.05) is 22.4 Å². The van der Waals surface area contributed by atoms with Gasteiger partial charge in [0.2, 0.25) is 0 Å². The predicted octanol–water partition coefficient (Wildman–Crippen LogP) is 3.50. The number of aromatic nitrogens is 2. The van der Waals surface area contributed by atoms with Gasteiger partial charge >= 0.3 is 0 Å². The lowest BCUT2D eigenvalue weighted by Gasteiger charge is -2.30. The molecule has 2 aromatic rings. The van der Waals surface area contributed by atoms with Gasteiger partial charge in [-0.1, -0.05) is 6.07 Å². The third kappa shape index (κ3) is 2.74. The number of amides is 1. The monoisotopic (exact) mass is 319 g/mol. The fourth-order valence-corrected chi connectivity index (χ4v) is 4.67. The second-order valence-corrected chi connectivity index (χ2v) is 7.78. The summed E-state index contributed by atoms with van der Waals surface area (Å²) in [6.07, 6.45) is 4.58. The summed E-state index contributed by atoms with van der Waals surface area (Å²) in [4.78, 5) is 15.1. The van der Waals surface area contributed by atoms with E-state index in [4.69, 9.17) is 0 Å². The molecule has 1 saturated heterocycles. The molecular weight excluding hydrogens is 302 g/mol. The minimum Gasteiger partial charge on any atom is -0.338 e. The third-order valence-corrected chi connectivity index (χ3v) is 6.35. The Labute approximate surface area is 131 Å². The van der Waals surface area contributed by atoms with Crippen molar-refractivity contribution in [2.45, 2.75) is 37.5 Å². The van der Waals surface area contributed by atoms with Crippen LogP contribution in [0, 0.1) is 0 Å². The van der Waals surface area contributed by atoms with Crippen molar-refractivity contribution in [2.75, 3.05) is 13.1 Å². The molecule has 6 heteroatoms. The Balaban J connectivity index is 1.38. The smallest absolute Gasteiger partial charge is 0.263 e. The van der Waals surface area contributed by atoms with Crippen molar-refractivity contribution >= 4 is 28.6 Å². The largest absolute Gasteiger partial charge is 0.338 e. The number of piperidine rings is 1. The molecule has 0 spiro atoms. The molecule has 2 aromatic heterocycles. The number of hydrogen-bond donors (Lipinski definition) is 0.